The summed E-state index contributed by atoms with van der Waals surface area (Å²) >= 11 is 1.38. The Hall–Kier alpha value is -1.69. The molecule has 0 fully saturated rings. The van der Waals surface area contributed by atoms with Gasteiger partial charge in [0.25, 0.3) is 0 Å². The number of thiazole rings is 1. The fourth-order valence-corrected chi connectivity index (χ4v) is 1.88. The number of hydrogen-bond donors (Lipinski definition) is 1. The van der Waals surface area contributed by atoms with Gasteiger partial charge in [0.2, 0.25) is 5.91 Å². The van der Waals surface area contributed by atoms with E-state index in [0.29, 0.717) is 16.8 Å². The van der Waals surface area contributed by atoms with Crippen molar-refractivity contribution in [2.24, 2.45) is 0 Å². The van der Waals surface area contributed by atoms with Gasteiger partial charge in [0.1, 0.15) is 5.76 Å². The standard InChI is InChI=1S/C10H11N3O2S/c1-6-8(15-7(2)12-6)5-9(14)13-10-11-3-4-16-10/h3-4H,5H2,1-2H3,(H,11,13,14). The minimum absolute atomic E-state index is 0.144. The summed E-state index contributed by atoms with van der Waals surface area (Å²) in [6.07, 6.45) is 1.83. The molecule has 0 saturated heterocycles. The van der Waals surface area contributed by atoms with Crippen molar-refractivity contribution < 1.29 is 9.21 Å². The first-order chi connectivity index (χ1) is 7.65. The zero-order valence-corrected chi connectivity index (χ0v) is 9.80. The van der Waals surface area contributed by atoms with Gasteiger partial charge < -0.3 is 9.73 Å². The van der Waals surface area contributed by atoms with Crippen LogP contribution in [0.1, 0.15) is 17.3 Å². The van der Waals surface area contributed by atoms with Crippen LogP contribution in [0.25, 0.3) is 0 Å². The molecular weight excluding hydrogens is 226 g/mol. The fourth-order valence-electron chi connectivity index (χ4n) is 1.33. The SMILES string of the molecule is Cc1nc(C)c(CC(=O)Nc2nccs2)o1. The number of amides is 1. The van der Waals surface area contributed by atoms with Crippen LogP contribution in [-0.2, 0) is 11.2 Å². The quantitative estimate of drug-likeness (QED) is 0.885. The molecular formula is C10H11N3O2S. The number of anilines is 1. The summed E-state index contributed by atoms with van der Waals surface area (Å²) in [5.74, 6) is 1.04. The molecule has 0 unspecified atom stereocenters. The Morgan fingerprint density at radius 2 is 2.38 bits per heavy atom. The number of nitrogens with one attached hydrogen (secondary N) is 1. The van der Waals surface area contributed by atoms with Gasteiger partial charge in [-0.25, -0.2) is 9.97 Å². The predicted molar refractivity (Wildman–Crippen MR) is 60.4 cm³/mol. The van der Waals surface area contributed by atoms with Crippen LogP contribution in [0.15, 0.2) is 16.0 Å². The molecule has 1 N–H and O–H groups in total. The van der Waals surface area contributed by atoms with E-state index in [1.165, 1.54) is 11.3 Å². The summed E-state index contributed by atoms with van der Waals surface area (Å²) in [5.41, 5.74) is 0.756. The van der Waals surface area contributed by atoms with Crippen molar-refractivity contribution in [3.05, 3.63) is 28.9 Å². The molecule has 2 rings (SSSR count). The highest BCUT2D eigenvalue weighted by Gasteiger charge is 2.12. The first-order valence-corrected chi connectivity index (χ1v) is 5.65. The van der Waals surface area contributed by atoms with Gasteiger partial charge in [-0.15, -0.1) is 11.3 Å². The molecule has 0 aliphatic heterocycles. The molecule has 0 aliphatic rings. The topological polar surface area (TPSA) is 68.0 Å². The second-order valence-corrected chi connectivity index (χ2v) is 4.20. The van der Waals surface area contributed by atoms with E-state index in [0.717, 1.165) is 5.69 Å². The predicted octanol–water partition coefficient (Wildman–Crippen LogP) is 1.93. The molecule has 2 aromatic rings. The summed E-state index contributed by atoms with van der Waals surface area (Å²) in [5, 5.41) is 5.09. The normalized spacial score (nSPS) is 10.4. The third kappa shape index (κ3) is 2.46. The number of oxazole rings is 1. The number of carbonyl (C=O) groups excluding carboxylic acids is 1. The number of nitrogens with zero attached hydrogens (tertiary/aromatic N) is 2. The van der Waals surface area contributed by atoms with Gasteiger partial charge in [0.05, 0.1) is 12.1 Å². The number of rotatable bonds is 3. The Morgan fingerprint density at radius 1 is 1.56 bits per heavy atom. The van der Waals surface area contributed by atoms with Crippen molar-refractivity contribution in [1.29, 1.82) is 0 Å². The first-order valence-electron chi connectivity index (χ1n) is 4.77. The molecule has 5 nitrogen and oxygen atoms in total. The van der Waals surface area contributed by atoms with Crippen LogP contribution in [-0.4, -0.2) is 15.9 Å². The van der Waals surface area contributed by atoms with Crippen molar-refractivity contribution in [2.75, 3.05) is 5.32 Å². The monoisotopic (exact) mass is 237 g/mol. The molecule has 16 heavy (non-hydrogen) atoms. The second kappa shape index (κ2) is 4.44. The van der Waals surface area contributed by atoms with Crippen LogP contribution in [0.5, 0.6) is 0 Å². The van der Waals surface area contributed by atoms with E-state index in [2.05, 4.69) is 15.3 Å². The molecule has 0 spiro atoms. The summed E-state index contributed by atoms with van der Waals surface area (Å²) in [6, 6.07) is 0. The van der Waals surface area contributed by atoms with E-state index in [4.69, 9.17) is 4.42 Å². The Labute approximate surface area is 96.5 Å². The van der Waals surface area contributed by atoms with Crippen molar-refractivity contribution in [3.63, 3.8) is 0 Å². The maximum Gasteiger partial charge on any atom is 0.233 e. The molecule has 0 radical (unpaired) electrons. The minimum Gasteiger partial charge on any atom is -0.445 e. The summed E-state index contributed by atoms with van der Waals surface area (Å²) in [7, 11) is 0. The smallest absolute Gasteiger partial charge is 0.233 e. The maximum absolute atomic E-state index is 11.6. The van der Waals surface area contributed by atoms with Crippen LogP contribution in [0.3, 0.4) is 0 Å². The van der Waals surface area contributed by atoms with Gasteiger partial charge in [0.15, 0.2) is 11.0 Å². The van der Waals surface area contributed by atoms with Gasteiger partial charge >= 0.3 is 0 Å². The van der Waals surface area contributed by atoms with Gasteiger partial charge in [-0.2, -0.15) is 0 Å². The van der Waals surface area contributed by atoms with Gasteiger partial charge in [-0.05, 0) is 6.92 Å². The lowest BCUT2D eigenvalue weighted by Gasteiger charge is -1.99. The molecule has 0 atom stereocenters. The molecule has 1 amide bonds. The van der Waals surface area contributed by atoms with Crippen LogP contribution in [0, 0.1) is 13.8 Å². The fraction of sp³-hybridized carbons (Fsp3) is 0.300. The van der Waals surface area contributed by atoms with E-state index in [1.54, 1.807) is 18.5 Å². The summed E-state index contributed by atoms with van der Waals surface area (Å²) < 4.78 is 5.32. The second-order valence-electron chi connectivity index (χ2n) is 3.30. The van der Waals surface area contributed by atoms with Crippen LogP contribution >= 0.6 is 11.3 Å². The average Bonchev–Trinajstić information content (AvgIpc) is 2.78. The lowest BCUT2D eigenvalue weighted by Crippen LogP contribution is -2.14. The molecule has 6 heteroatoms. The van der Waals surface area contributed by atoms with Gasteiger partial charge in [0, 0.05) is 18.5 Å². The van der Waals surface area contributed by atoms with Crippen molar-refractivity contribution in [1.82, 2.24) is 9.97 Å². The summed E-state index contributed by atoms with van der Waals surface area (Å²) in [4.78, 5) is 19.7. The van der Waals surface area contributed by atoms with Crippen LogP contribution < -0.4 is 5.32 Å². The maximum atomic E-state index is 11.6. The highest BCUT2D eigenvalue weighted by molar-refractivity contribution is 7.13. The Morgan fingerprint density at radius 3 is 2.94 bits per heavy atom. The first kappa shape index (κ1) is 10.8. The zero-order valence-electron chi connectivity index (χ0n) is 8.98. The molecule has 2 heterocycles. The third-order valence-corrected chi connectivity index (χ3v) is 2.69. The van der Waals surface area contributed by atoms with Gasteiger partial charge in [-0.1, -0.05) is 0 Å². The van der Waals surface area contributed by atoms with Crippen molar-refractivity contribution in [2.45, 2.75) is 20.3 Å². The number of aryl methyl sites for hydroxylation is 2. The Balaban J connectivity index is 2.00. The van der Waals surface area contributed by atoms with Crippen LogP contribution in [0.4, 0.5) is 5.13 Å². The Bertz CT molecular complexity index is 490. The number of hydrogen-bond acceptors (Lipinski definition) is 5. The highest BCUT2D eigenvalue weighted by atomic mass is 32.1. The third-order valence-electron chi connectivity index (χ3n) is 2.00. The van der Waals surface area contributed by atoms with E-state index in [-0.39, 0.29) is 12.3 Å². The lowest BCUT2D eigenvalue weighted by molar-refractivity contribution is -0.115. The molecule has 2 aromatic heterocycles. The molecule has 0 saturated carbocycles. The van der Waals surface area contributed by atoms with E-state index < -0.39 is 0 Å². The van der Waals surface area contributed by atoms with E-state index >= 15 is 0 Å². The van der Waals surface area contributed by atoms with E-state index in [1.807, 2.05) is 6.92 Å². The largest absolute Gasteiger partial charge is 0.445 e. The lowest BCUT2D eigenvalue weighted by atomic mass is 10.3. The minimum atomic E-state index is -0.144. The summed E-state index contributed by atoms with van der Waals surface area (Å²) in [6.45, 7) is 3.58. The molecule has 0 aliphatic carbocycles. The van der Waals surface area contributed by atoms with Crippen LogP contribution in [0.2, 0.25) is 0 Å². The molecule has 0 bridgehead atoms. The number of carbonyl (C=O) groups is 1. The van der Waals surface area contributed by atoms with Crippen molar-refractivity contribution >= 4 is 22.4 Å². The Kier molecular flexibility index (Phi) is 3.00. The zero-order chi connectivity index (χ0) is 11.5. The van der Waals surface area contributed by atoms with Crippen molar-refractivity contribution in [3.8, 4) is 0 Å². The van der Waals surface area contributed by atoms with Gasteiger partial charge in [-0.3, -0.25) is 4.79 Å². The average molecular weight is 237 g/mol. The van der Waals surface area contributed by atoms with E-state index in [9.17, 15) is 4.79 Å². The molecule has 0 aromatic carbocycles. The molecule has 84 valence electrons. The number of aromatic nitrogens is 2. The highest BCUT2D eigenvalue weighted by Crippen LogP contribution is 2.13.